The molecule has 1 heterocycles. The van der Waals surface area contributed by atoms with E-state index in [9.17, 15) is 14.9 Å². The number of ether oxygens (including phenoxy) is 1. The number of carbonyl (C=O) groups excluding carboxylic acids is 2. The minimum atomic E-state index is -0.544. The van der Waals surface area contributed by atoms with Gasteiger partial charge in [0.05, 0.1) is 11.1 Å². The number of carbonyl (C=O) groups is 2. The summed E-state index contributed by atoms with van der Waals surface area (Å²) in [5, 5.41) is 12.6. The standard InChI is InChI=1S/C18H16N2O3S2/c1-24-12-7-5-11(6-8-12)18(22)23-10-16(21)20-17-14(9-19)13-3-2-4-15(13)25-17/h5-8H,2-4,10H2,1H3,(H,20,21). The molecule has 1 aromatic heterocycles. The van der Waals surface area contributed by atoms with Crippen LogP contribution < -0.4 is 5.32 Å². The molecular weight excluding hydrogens is 356 g/mol. The number of amides is 1. The minimum Gasteiger partial charge on any atom is -0.452 e. The van der Waals surface area contributed by atoms with Crippen molar-refractivity contribution in [2.75, 3.05) is 18.2 Å². The van der Waals surface area contributed by atoms with Gasteiger partial charge in [0.2, 0.25) is 0 Å². The first-order valence-corrected chi connectivity index (χ1v) is 9.82. The molecule has 2 aromatic rings. The average Bonchev–Trinajstić information content (AvgIpc) is 3.20. The zero-order chi connectivity index (χ0) is 17.8. The molecule has 0 bridgehead atoms. The normalized spacial score (nSPS) is 12.3. The highest BCUT2D eigenvalue weighted by molar-refractivity contribution is 7.98. The third kappa shape index (κ3) is 3.86. The Morgan fingerprint density at radius 1 is 1.32 bits per heavy atom. The number of benzene rings is 1. The Morgan fingerprint density at radius 3 is 2.76 bits per heavy atom. The van der Waals surface area contributed by atoms with Crippen molar-refractivity contribution in [3.8, 4) is 6.07 Å². The Labute approximate surface area is 154 Å². The number of nitrogens with zero attached hydrogens (tertiary/aromatic N) is 1. The number of anilines is 1. The van der Waals surface area contributed by atoms with Gasteiger partial charge in [-0.05, 0) is 55.3 Å². The quantitative estimate of drug-likeness (QED) is 0.640. The maximum absolute atomic E-state index is 12.0. The van der Waals surface area contributed by atoms with Gasteiger partial charge in [0, 0.05) is 9.77 Å². The number of rotatable bonds is 5. The number of fused-ring (bicyclic) bond motifs is 1. The van der Waals surface area contributed by atoms with Gasteiger partial charge in [-0.25, -0.2) is 4.79 Å². The summed E-state index contributed by atoms with van der Waals surface area (Å²) in [6, 6.07) is 9.16. The number of aryl methyl sites for hydroxylation is 1. The highest BCUT2D eigenvalue weighted by Gasteiger charge is 2.23. The summed E-state index contributed by atoms with van der Waals surface area (Å²) in [4.78, 5) is 26.2. The predicted molar refractivity (Wildman–Crippen MR) is 98.2 cm³/mol. The highest BCUT2D eigenvalue weighted by Crippen LogP contribution is 2.38. The molecule has 1 aliphatic rings. The molecule has 3 rings (SSSR count). The van der Waals surface area contributed by atoms with E-state index in [1.807, 2.05) is 18.4 Å². The van der Waals surface area contributed by atoms with Gasteiger partial charge < -0.3 is 10.1 Å². The first-order valence-electron chi connectivity index (χ1n) is 7.78. The first kappa shape index (κ1) is 17.5. The zero-order valence-electron chi connectivity index (χ0n) is 13.6. The van der Waals surface area contributed by atoms with Crippen molar-refractivity contribution in [3.05, 3.63) is 45.8 Å². The fraction of sp³-hybridized carbons (Fsp3) is 0.278. The molecule has 0 aliphatic heterocycles. The lowest BCUT2D eigenvalue weighted by molar-refractivity contribution is -0.119. The summed E-state index contributed by atoms with van der Waals surface area (Å²) in [7, 11) is 0. The lowest BCUT2D eigenvalue weighted by Gasteiger charge is -2.06. The monoisotopic (exact) mass is 372 g/mol. The second-order valence-electron chi connectivity index (χ2n) is 5.53. The van der Waals surface area contributed by atoms with Crippen molar-refractivity contribution < 1.29 is 14.3 Å². The smallest absolute Gasteiger partial charge is 0.338 e. The summed E-state index contributed by atoms with van der Waals surface area (Å²) in [6.45, 7) is -0.378. The van der Waals surface area contributed by atoms with Crippen molar-refractivity contribution in [3.63, 3.8) is 0 Å². The van der Waals surface area contributed by atoms with Crippen LogP contribution in [0.4, 0.5) is 5.00 Å². The molecule has 7 heteroatoms. The fourth-order valence-corrected chi connectivity index (χ4v) is 4.38. The van der Waals surface area contributed by atoms with Crippen LogP contribution in [0, 0.1) is 11.3 Å². The maximum Gasteiger partial charge on any atom is 0.338 e. The number of hydrogen-bond acceptors (Lipinski definition) is 6. The molecule has 5 nitrogen and oxygen atoms in total. The van der Waals surface area contributed by atoms with Crippen LogP contribution in [-0.2, 0) is 22.4 Å². The lowest BCUT2D eigenvalue weighted by Crippen LogP contribution is -2.20. The van der Waals surface area contributed by atoms with Crippen LogP contribution in [-0.4, -0.2) is 24.7 Å². The van der Waals surface area contributed by atoms with Crippen LogP contribution in [0.15, 0.2) is 29.2 Å². The number of hydrogen-bond donors (Lipinski definition) is 1. The fourth-order valence-electron chi connectivity index (χ4n) is 2.71. The molecule has 1 N–H and O–H groups in total. The van der Waals surface area contributed by atoms with Gasteiger partial charge in [-0.2, -0.15) is 5.26 Å². The topological polar surface area (TPSA) is 79.2 Å². The van der Waals surface area contributed by atoms with E-state index in [1.165, 1.54) is 11.3 Å². The van der Waals surface area contributed by atoms with Gasteiger partial charge in [-0.15, -0.1) is 23.1 Å². The van der Waals surface area contributed by atoms with Gasteiger partial charge in [0.15, 0.2) is 6.61 Å². The number of thiophene rings is 1. The van der Waals surface area contributed by atoms with Crippen molar-refractivity contribution in [2.45, 2.75) is 24.2 Å². The van der Waals surface area contributed by atoms with Crippen LogP contribution >= 0.6 is 23.1 Å². The Morgan fingerprint density at radius 2 is 2.08 bits per heavy atom. The zero-order valence-corrected chi connectivity index (χ0v) is 15.3. The van der Waals surface area contributed by atoms with Gasteiger partial charge in [0.1, 0.15) is 11.1 Å². The van der Waals surface area contributed by atoms with Crippen LogP contribution in [0.25, 0.3) is 0 Å². The Kier molecular flexibility index (Phi) is 5.41. The van der Waals surface area contributed by atoms with E-state index < -0.39 is 11.9 Å². The molecule has 0 radical (unpaired) electrons. The molecule has 128 valence electrons. The van der Waals surface area contributed by atoms with Crippen LogP contribution in [0.5, 0.6) is 0 Å². The second-order valence-corrected chi connectivity index (χ2v) is 7.51. The number of nitrogens with one attached hydrogen (secondary N) is 1. The van der Waals surface area contributed by atoms with Gasteiger partial charge in [-0.1, -0.05) is 0 Å². The summed E-state index contributed by atoms with van der Waals surface area (Å²) < 4.78 is 5.05. The molecule has 0 saturated heterocycles. The molecule has 0 spiro atoms. The van der Waals surface area contributed by atoms with E-state index in [-0.39, 0.29) is 6.61 Å². The third-order valence-electron chi connectivity index (χ3n) is 3.95. The summed E-state index contributed by atoms with van der Waals surface area (Å²) in [5.41, 5.74) is 2.00. The Hall–Kier alpha value is -2.30. The van der Waals surface area contributed by atoms with Gasteiger partial charge >= 0.3 is 5.97 Å². The van der Waals surface area contributed by atoms with Crippen LogP contribution in [0.3, 0.4) is 0 Å². The maximum atomic E-state index is 12.0. The minimum absolute atomic E-state index is 0.378. The van der Waals surface area contributed by atoms with Gasteiger partial charge in [0.25, 0.3) is 5.91 Å². The Balaban J connectivity index is 1.58. The summed E-state index contributed by atoms with van der Waals surface area (Å²) in [5.74, 6) is -0.984. The van der Waals surface area contributed by atoms with Crippen molar-refractivity contribution in [2.24, 2.45) is 0 Å². The van der Waals surface area contributed by atoms with E-state index >= 15 is 0 Å². The van der Waals surface area contributed by atoms with Gasteiger partial charge in [-0.3, -0.25) is 4.79 Å². The van der Waals surface area contributed by atoms with E-state index in [0.717, 1.165) is 34.6 Å². The molecule has 0 atom stereocenters. The van der Waals surface area contributed by atoms with E-state index in [4.69, 9.17) is 4.74 Å². The molecule has 25 heavy (non-hydrogen) atoms. The SMILES string of the molecule is CSc1ccc(C(=O)OCC(=O)Nc2sc3c(c2C#N)CCC3)cc1. The molecule has 1 aliphatic carbocycles. The lowest BCUT2D eigenvalue weighted by atomic mass is 10.1. The molecule has 0 fully saturated rings. The van der Waals surface area contributed by atoms with Crippen molar-refractivity contribution in [1.29, 1.82) is 5.26 Å². The van der Waals surface area contributed by atoms with E-state index in [0.29, 0.717) is 16.1 Å². The summed E-state index contributed by atoms with van der Waals surface area (Å²) in [6.07, 6.45) is 4.84. The van der Waals surface area contributed by atoms with Crippen molar-refractivity contribution in [1.82, 2.24) is 0 Å². The average molecular weight is 372 g/mol. The molecule has 1 aromatic carbocycles. The number of thioether (sulfide) groups is 1. The predicted octanol–water partition coefficient (Wildman–Crippen LogP) is 3.63. The summed E-state index contributed by atoms with van der Waals surface area (Å²) >= 11 is 3.02. The first-order chi connectivity index (χ1) is 12.1. The highest BCUT2D eigenvalue weighted by atomic mass is 32.2. The van der Waals surface area contributed by atoms with Crippen LogP contribution in [0.2, 0.25) is 0 Å². The Bertz CT molecular complexity index is 850. The van der Waals surface area contributed by atoms with E-state index in [1.54, 1.807) is 23.9 Å². The number of esters is 1. The molecular formula is C18H16N2O3S2. The third-order valence-corrected chi connectivity index (χ3v) is 5.90. The largest absolute Gasteiger partial charge is 0.452 e. The molecule has 1 amide bonds. The molecule has 0 saturated carbocycles. The number of nitriles is 1. The van der Waals surface area contributed by atoms with Crippen LogP contribution in [0.1, 0.15) is 32.8 Å². The van der Waals surface area contributed by atoms with Crippen molar-refractivity contribution >= 4 is 40.0 Å². The second kappa shape index (κ2) is 7.72. The van der Waals surface area contributed by atoms with E-state index in [2.05, 4.69) is 11.4 Å². The molecule has 0 unspecified atom stereocenters.